The predicted molar refractivity (Wildman–Crippen MR) is 107 cm³/mol. The Morgan fingerprint density at radius 3 is 2.63 bits per heavy atom. The van der Waals surface area contributed by atoms with Gasteiger partial charge in [0.25, 0.3) is 0 Å². The van der Waals surface area contributed by atoms with Gasteiger partial charge in [-0.3, -0.25) is 26.2 Å². The molecule has 5 N–H and O–H groups in total. The second-order valence-corrected chi connectivity index (χ2v) is 8.61. The van der Waals surface area contributed by atoms with E-state index < -0.39 is 25.4 Å². The van der Waals surface area contributed by atoms with Gasteiger partial charge in [-0.05, 0) is 52.6 Å². The molecule has 3 aliphatic heterocycles. The fourth-order valence-corrected chi connectivity index (χ4v) is 4.19. The number of nitrogens with zero attached hydrogens (tertiary/aromatic N) is 1. The zero-order chi connectivity index (χ0) is 21.6. The Hall–Kier alpha value is -0.530. The van der Waals surface area contributed by atoms with Gasteiger partial charge in [-0.2, -0.15) is 13.2 Å². The van der Waals surface area contributed by atoms with Gasteiger partial charge in [-0.15, -0.1) is 0 Å². The number of nitrogens with one attached hydrogen (secondary N) is 5. The maximum absolute atomic E-state index is 12.6. The third kappa shape index (κ3) is 8.19. The zero-order valence-electron chi connectivity index (χ0n) is 17.9. The molecule has 30 heavy (non-hydrogen) atoms. The molecule has 3 heterocycles. The van der Waals surface area contributed by atoms with E-state index in [0.29, 0.717) is 12.6 Å². The van der Waals surface area contributed by atoms with Gasteiger partial charge < -0.3 is 14.8 Å². The van der Waals surface area contributed by atoms with Crippen LogP contribution in [0, 0.1) is 0 Å². The van der Waals surface area contributed by atoms with E-state index in [4.69, 9.17) is 9.47 Å². The molecule has 3 fully saturated rings. The van der Waals surface area contributed by atoms with Crippen molar-refractivity contribution in [2.45, 2.75) is 88.8 Å². The molecule has 0 saturated carbocycles. The molecule has 0 aromatic heterocycles. The summed E-state index contributed by atoms with van der Waals surface area (Å²) >= 11 is 0. The van der Waals surface area contributed by atoms with Gasteiger partial charge in [0.2, 0.25) is 0 Å². The lowest BCUT2D eigenvalue weighted by atomic mass is 10.0. The van der Waals surface area contributed by atoms with Crippen molar-refractivity contribution in [3.63, 3.8) is 0 Å². The smallest absolute Gasteiger partial charge is 0.374 e. The van der Waals surface area contributed by atoms with Gasteiger partial charge in [-0.1, -0.05) is 6.42 Å². The summed E-state index contributed by atoms with van der Waals surface area (Å²) in [6.45, 7) is 3.22. The summed E-state index contributed by atoms with van der Waals surface area (Å²) in [4.78, 5) is 2.07. The largest absolute Gasteiger partial charge is 0.411 e. The van der Waals surface area contributed by atoms with Crippen LogP contribution in [-0.2, 0) is 9.47 Å². The average molecular weight is 439 g/mol. The molecule has 0 radical (unpaired) electrons. The number of hydrogen-bond acceptors (Lipinski definition) is 8. The number of hydrogen-bond donors (Lipinski definition) is 5. The molecule has 11 heteroatoms. The Balaban J connectivity index is 1.50. The molecule has 3 aliphatic rings. The molecule has 8 nitrogen and oxygen atoms in total. The molecule has 0 spiro atoms. The fraction of sp³-hybridized carbons (Fsp3) is 1.00. The van der Waals surface area contributed by atoms with Crippen molar-refractivity contribution < 1.29 is 22.6 Å². The summed E-state index contributed by atoms with van der Waals surface area (Å²) in [5, 5.41) is 16.3. The van der Waals surface area contributed by atoms with Gasteiger partial charge in [0.15, 0.2) is 6.35 Å². The zero-order valence-corrected chi connectivity index (χ0v) is 17.9. The molecule has 6 atom stereocenters. The number of rotatable bonds is 9. The first-order valence-electron chi connectivity index (χ1n) is 11.1. The minimum absolute atomic E-state index is 0.113. The molecule has 0 bridgehead atoms. The first-order chi connectivity index (χ1) is 14.3. The van der Waals surface area contributed by atoms with E-state index in [1.807, 2.05) is 14.0 Å². The number of ether oxygens (including phenoxy) is 2. The van der Waals surface area contributed by atoms with Crippen LogP contribution in [0.25, 0.3) is 0 Å². The Morgan fingerprint density at radius 2 is 1.97 bits per heavy atom. The SMILES string of the molecule is CC1CCC(CNC2NC(OCC(F)(F)F)NC(N(C)CCC3CCCCN3)N2)O1. The highest BCUT2D eigenvalue weighted by Crippen LogP contribution is 2.19. The van der Waals surface area contributed by atoms with Crippen molar-refractivity contribution in [1.82, 2.24) is 31.5 Å². The maximum atomic E-state index is 12.6. The Morgan fingerprint density at radius 1 is 1.13 bits per heavy atom. The van der Waals surface area contributed by atoms with Crippen LogP contribution in [-0.4, -0.2) is 81.5 Å². The maximum Gasteiger partial charge on any atom is 0.411 e. The van der Waals surface area contributed by atoms with Crippen LogP contribution in [0.4, 0.5) is 13.2 Å². The van der Waals surface area contributed by atoms with Crippen molar-refractivity contribution >= 4 is 0 Å². The molecule has 3 rings (SSSR count). The standard InChI is InChI=1S/C19H37F3N6O2/c1-13-6-7-15(30-13)11-24-16-25-17(27-18(26-16)29-12-19(20,21)22)28(2)10-8-14-5-3-4-9-23-14/h13-18,23-27H,3-12H2,1-2H3. The van der Waals surface area contributed by atoms with Crippen molar-refractivity contribution in [2.24, 2.45) is 0 Å². The van der Waals surface area contributed by atoms with Gasteiger partial charge >= 0.3 is 6.18 Å². The van der Waals surface area contributed by atoms with Crippen LogP contribution >= 0.6 is 0 Å². The van der Waals surface area contributed by atoms with Crippen LogP contribution in [0.2, 0.25) is 0 Å². The highest BCUT2D eigenvalue weighted by atomic mass is 19.4. The number of piperidine rings is 1. The molecular formula is C19H37F3N6O2. The molecule has 3 saturated heterocycles. The van der Waals surface area contributed by atoms with Crippen molar-refractivity contribution in [3.8, 4) is 0 Å². The summed E-state index contributed by atoms with van der Waals surface area (Å²) in [5.74, 6) is 0. The quantitative estimate of drug-likeness (QED) is 0.362. The van der Waals surface area contributed by atoms with E-state index in [1.165, 1.54) is 19.3 Å². The molecule has 0 aliphatic carbocycles. The lowest BCUT2D eigenvalue weighted by Crippen LogP contribution is -2.75. The highest BCUT2D eigenvalue weighted by molar-refractivity contribution is 4.82. The molecule has 6 unspecified atom stereocenters. The number of halogens is 3. The molecular weight excluding hydrogens is 401 g/mol. The third-order valence-corrected chi connectivity index (χ3v) is 5.92. The first-order valence-corrected chi connectivity index (χ1v) is 11.1. The lowest BCUT2D eigenvalue weighted by Gasteiger charge is -2.43. The Kier molecular flexibility index (Phi) is 9.14. The van der Waals surface area contributed by atoms with Crippen LogP contribution in [0.5, 0.6) is 0 Å². The van der Waals surface area contributed by atoms with Crippen LogP contribution in [0.15, 0.2) is 0 Å². The van der Waals surface area contributed by atoms with E-state index >= 15 is 0 Å². The minimum Gasteiger partial charge on any atom is -0.374 e. The summed E-state index contributed by atoms with van der Waals surface area (Å²) in [7, 11) is 1.96. The van der Waals surface area contributed by atoms with E-state index in [0.717, 1.165) is 32.4 Å². The van der Waals surface area contributed by atoms with Gasteiger partial charge in [0.1, 0.15) is 19.2 Å². The summed E-state index contributed by atoms with van der Waals surface area (Å²) in [5.41, 5.74) is 0. The van der Waals surface area contributed by atoms with E-state index in [9.17, 15) is 13.2 Å². The summed E-state index contributed by atoms with van der Waals surface area (Å²) < 4.78 is 48.8. The molecule has 0 aromatic rings. The molecule has 176 valence electrons. The summed E-state index contributed by atoms with van der Waals surface area (Å²) in [6.07, 6.45) is 0.966. The van der Waals surface area contributed by atoms with E-state index in [1.54, 1.807) is 0 Å². The van der Waals surface area contributed by atoms with Crippen molar-refractivity contribution in [3.05, 3.63) is 0 Å². The normalized spacial score (nSPS) is 35.8. The van der Waals surface area contributed by atoms with Crippen molar-refractivity contribution in [2.75, 3.05) is 33.3 Å². The van der Waals surface area contributed by atoms with Gasteiger partial charge in [-0.25, -0.2) is 0 Å². The van der Waals surface area contributed by atoms with Crippen molar-refractivity contribution in [1.29, 1.82) is 0 Å². The third-order valence-electron chi connectivity index (χ3n) is 5.92. The monoisotopic (exact) mass is 438 g/mol. The van der Waals surface area contributed by atoms with E-state index in [-0.39, 0.29) is 18.5 Å². The fourth-order valence-electron chi connectivity index (χ4n) is 4.19. The van der Waals surface area contributed by atoms with Gasteiger partial charge in [0, 0.05) is 19.1 Å². The van der Waals surface area contributed by atoms with Crippen LogP contribution < -0.4 is 26.6 Å². The van der Waals surface area contributed by atoms with Crippen LogP contribution in [0.3, 0.4) is 0 Å². The van der Waals surface area contributed by atoms with E-state index in [2.05, 4.69) is 31.5 Å². The Labute approximate surface area is 177 Å². The Bertz CT molecular complexity index is 509. The summed E-state index contributed by atoms with van der Waals surface area (Å²) in [6, 6.07) is 0.496. The molecule has 0 amide bonds. The highest BCUT2D eigenvalue weighted by Gasteiger charge is 2.34. The minimum atomic E-state index is -4.38. The second kappa shape index (κ2) is 11.4. The predicted octanol–water partition coefficient (Wildman–Crippen LogP) is 0.820. The second-order valence-electron chi connectivity index (χ2n) is 8.61. The molecule has 0 aromatic carbocycles. The lowest BCUT2D eigenvalue weighted by molar-refractivity contribution is -0.201. The first kappa shape index (κ1) is 24.1. The topological polar surface area (TPSA) is 81.9 Å². The van der Waals surface area contributed by atoms with Gasteiger partial charge in [0.05, 0.1) is 12.2 Å². The number of alkyl halides is 3. The van der Waals surface area contributed by atoms with Crippen LogP contribution in [0.1, 0.15) is 45.4 Å². The average Bonchev–Trinajstić information content (AvgIpc) is 3.14.